The molecule has 0 rings (SSSR count). The Morgan fingerprint density at radius 3 is 2.00 bits per heavy atom. The highest BCUT2D eigenvalue weighted by atomic mass is 16.2. The lowest BCUT2D eigenvalue weighted by Gasteiger charge is -2.38. The molecule has 0 heterocycles. The lowest BCUT2D eigenvalue weighted by molar-refractivity contribution is -0.133. The maximum atomic E-state index is 12.3. The van der Waals surface area contributed by atoms with E-state index in [1.807, 2.05) is 34.6 Å². The first-order chi connectivity index (χ1) is 8.06. The number of likely N-dealkylation sites (N-methyl/N-ethyl adjacent to an activating group) is 1. The van der Waals surface area contributed by atoms with Gasteiger partial charge in [-0.25, -0.2) is 0 Å². The standard InChI is InChI=1S/C14H31N3O/c1-8-17(9-2)10-11(3)16-12(18)13(4,5)14(6,7)15/h11H,8-10,15H2,1-7H3,(H,16,18). The minimum Gasteiger partial charge on any atom is -0.352 e. The molecule has 0 spiro atoms. The summed E-state index contributed by atoms with van der Waals surface area (Å²) in [6, 6.07) is 0.138. The molecule has 1 unspecified atom stereocenters. The van der Waals surface area contributed by atoms with E-state index in [0.29, 0.717) is 0 Å². The first kappa shape index (κ1) is 17.4. The van der Waals surface area contributed by atoms with Crippen molar-refractivity contribution in [3.05, 3.63) is 0 Å². The summed E-state index contributed by atoms with van der Waals surface area (Å²) in [5.74, 6) is 0.0228. The van der Waals surface area contributed by atoms with E-state index in [4.69, 9.17) is 5.73 Å². The van der Waals surface area contributed by atoms with Crippen LogP contribution in [-0.4, -0.2) is 42.0 Å². The lowest BCUT2D eigenvalue weighted by Crippen LogP contribution is -2.57. The predicted octanol–water partition coefficient (Wildman–Crippen LogP) is 1.60. The molecule has 0 aliphatic rings. The van der Waals surface area contributed by atoms with Crippen LogP contribution in [0.2, 0.25) is 0 Å². The number of hydrogen-bond acceptors (Lipinski definition) is 3. The monoisotopic (exact) mass is 257 g/mol. The second-order valence-corrected chi connectivity index (χ2v) is 6.21. The van der Waals surface area contributed by atoms with Crippen LogP contribution < -0.4 is 11.1 Å². The first-order valence-corrected chi connectivity index (χ1v) is 6.88. The zero-order valence-electron chi connectivity index (χ0n) is 13.1. The van der Waals surface area contributed by atoms with Crippen molar-refractivity contribution in [1.29, 1.82) is 0 Å². The van der Waals surface area contributed by atoms with Crippen molar-refractivity contribution < 1.29 is 4.79 Å². The number of carbonyl (C=O) groups is 1. The molecule has 1 amide bonds. The number of nitrogens with two attached hydrogens (primary N) is 1. The molecule has 3 N–H and O–H groups in total. The number of carbonyl (C=O) groups excluding carboxylic acids is 1. The van der Waals surface area contributed by atoms with E-state index in [1.54, 1.807) is 0 Å². The van der Waals surface area contributed by atoms with Crippen LogP contribution in [0.5, 0.6) is 0 Å². The number of nitrogens with zero attached hydrogens (tertiary/aromatic N) is 1. The fourth-order valence-corrected chi connectivity index (χ4v) is 1.61. The van der Waals surface area contributed by atoms with Crippen molar-refractivity contribution in [2.45, 2.75) is 60.0 Å². The Kier molecular flexibility index (Phi) is 6.30. The average Bonchev–Trinajstić information content (AvgIpc) is 2.24. The van der Waals surface area contributed by atoms with Crippen LogP contribution in [0.3, 0.4) is 0 Å². The molecule has 0 radical (unpaired) electrons. The van der Waals surface area contributed by atoms with Gasteiger partial charge in [-0.15, -0.1) is 0 Å². The maximum Gasteiger partial charge on any atom is 0.227 e. The molecule has 0 bridgehead atoms. The van der Waals surface area contributed by atoms with Crippen molar-refractivity contribution in [2.24, 2.45) is 11.1 Å². The fraction of sp³-hybridized carbons (Fsp3) is 0.929. The second kappa shape index (κ2) is 6.53. The number of hydrogen-bond donors (Lipinski definition) is 2. The highest BCUT2D eigenvalue weighted by Crippen LogP contribution is 2.28. The van der Waals surface area contributed by atoms with E-state index in [0.717, 1.165) is 19.6 Å². The van der Waals surface area contributed by atoms with Crippen molar-refractivity contribution in [3.63, 3.8) is 0 Å². The summed E-state index contributed by atoms with van der Waals surface area (Å²) in [5, 5.41) is 3.07. The van der Waals surface area contributed by atoms with Crippen molar-refractivity contribution >= 4 is 5.91 Å². The molecule has 0 aromatic carbocycles. The first-order valence-electron chi connectivity index (χ1n) is 6.88. The molecule has 0 aliphatic carbocycles. The summed E-state index contributed by atoms with van der Waals surface area (Å²) < 4.78 is 0. The molecule has 1 atom stereocenters. The summed E-state index contributed by atoms with van der Waals surface area (Å²) in [4.78, 5) is 14.6. The Morgan fingerprint density at radius 2 is 1.67 bits per heavy atom. The highest BCUT2D eigenvalue weighted by molar-refractivity contribution is 5.83. The third-order valence-corrected chi connectivity index (χ3v) is 3.98. The minimum atomic E-state index is -0.579. The summed E-state index contributed by atoms with van der Waals surface area (Å²) in [5.41, 5.74) is 4.96. The van der Waals surface area contributed by atoms with Gasteiger partial charge in [-0.3, -0.25) is 4.79 Å². The average molecular weight is 257 g/mol. The largest absolute Gasteiger partial charge is 0.352 e. The van der Waals surface area contributed by atoms with Gasteiger partial charge in [0.05, 0.1) is 5.41 Å². The SMILES string of the molecule is CCN(CC)CC(C)NC(=O)C(C)(C)C(C)(C)N. The molecule has 18 heavy (non-hydrogen) atoms. The Balaban J connectivity index is 4.49. The third-order valence-electron chi connectivity index (χ3n) is 3.98. The van der Waals surface area contributed by atoms with Gasteiger partial charge in [-0.2, -0.15) is 0 Å². The van der Waals surface area contributed by atoms with Crippen molar-refractivity contribution in [1.82, 2.24) is 10.2 Å². The fourth-order valence-electron chi connectivity index (χ4n) is 1.61. The predicted molar refractivity (Wildman–Crippen MR) is 77.4 cm³/mol. The third kappa shape index (κ3) is 4.58. The molecule has 0 aromatic heterocycles. The number of amides is 1. The van der Waals surface area contributed by atoms with E-state index in [1.165, 1.54) is 0 Å². The summed E-state index contributed by atoms with van der Waals surface area (Å²) in [7, 11) is 0. The smallest absolute Gasteiger partial charge is 0.227 e. The maximum absolute atomic E-state index is 12.3. The Hall–Kier alpha value is -0.610. The van der Waals surface area contributed by atoms with Crippen LogP contribution in [-0.2, 0) is 4.79 Å². The highest BCUT2D eigenvalue weighted by Gasteiger charge is 2.40. The van der Waals surface area contributed by atoms with Gasteiger partial charge in [0.2, 0.25) is 5.91 Å². The van der Waals surface area contributed by atoms with Gasteiger partial charge in [-0.1, -0.05) is 13.8 Å². The molecular weight excluding hydrogens is 226 g/mol. The number of rotatable bonds is 7. The van der Waals surface area contributed by atoms with Gasteiger partial charge >= 0.3 is 0 Å². The lowest BCUT2D eigenvalue weighted by atomic mass is 9.74. The van der Waals surface area contributed by atoms with Gasteiger partial charge in [0.15, 0.2) is 0 Å². The second-order valence-electron chi connectivity index (χ2n) is 6.21. The van der Waals surface area contributed by atoms with E-state index in [-0.39, 0.29) is 11.9 Å². The van der Waals surface area contributed by atoms with Crippen LogP contribution in [0.25, 0.3) is 0 Å². The Labute approximate surface area is 112 Å². The number of nitrogens with one attached hydrogen (secondary N) is 1. The summed E-state index contributed by atoms with van der Waals surface area (Å²) in [6.07, 6.45) is 0. The molecule has 0 fully saturated rings. The van der Waals surface area contributed by atoms with Crippen molar-refractivity contribution in [3.8, 4) is 0 Å². The van der Waals surface area contributed by atoms with Gasteiger partial charge < -0.3 is 16.0 Å². The topological polar surface area (TPSA) is 58.4 Å². The van der Waals surface area contributed by atoms with Gasteiger partial charge in [0.1, 0.15) is 0 Å². The molecule has 0 saturated heterocycles. The quantitative estimate of drug-likeness (QED) is 0.728. The van der Waals surface area contributed by atoms with E-state index >= 15 is 0 Å². The van der Waals surface area contributed by atoms with Crippen LogP contribution in [0.15, 0.2) is 0 Å². The summed E-state index contributed by atoms with van der Waals surface area (Å²) in [6.45, 7) is 16.7. The van der Waals surface area contributed by atoms with Crippen LogP contribution in [0, 0.1) is 5.41 Å². The molecule has 4 heteroatoms. The summed E-state index contributed by atoms with van der Waals surface area (Å²) >= 11 is 0. The molecule has 108 valence electrons. The molecule has 0 aliphatic heterocycles. The molecule has 4 nitrogen and oxygen atoms in total. The zero-order chi connectivity index (χ0) is 14.6. The van der Waals surface area contributed by atoms with E-state index in [2.05, 4.69) is 24.1 Å². The van der Waals surface area contributed by atoms with Gasteiger partial charge in [0, 0.05) is 18.1 Å². The molecular formula is C14H31N3O. The zero-order valence-corrected chi connectivity index (χ0v) is 13.1. The Bertz CT molecular complexity index is 265. The van der Waals surface area contributed by atoms with Crippen LogP contribution >= 0.6 is 0 Å². The van der Waals surface area contributed by atoms with Crippen LogP contribution in [0.4, 0.5) is 0 Å². The van der Waals surface area contributed by atoms with Gasteiger partial charge in [-0.05, 0) is 47.7 Å². The Morgan fingerprint density at radius 1 is 1.22 bits per heavy atom. The normalized spacial score (nSPS) is 14.7. The minimum absolute atomic E-state index is 0.0228. The van der Waals surface area contributed by atoms with E-state index < -0.39 is 11.0 Å². The molecule has 0 saturated carbocycles. The van der Waals surface area contributed by atoms with Crippen LogP contribution in [0.1, 0.15) is 48.5 Å². The van der Waals surface area contributed by atoms with E-state index in [9.17, 15) is 4.79 Å². The van der Waals surface area contributed by atoms with Crippen molar-refractivity contribution in [2.75, 3.05) is 19.6 Å². The molecule has 0 aromatic rings. The van der Waals surface area contributed by atoms with Gasteiger partial charge in [0.25, 0.3) is 0 Å².